The molecule has 4 nitrogen and oxygen atoms in total. The normalized spacial score (nSPS) is 12.2. The third kappa shape index (κ3) is 2.68. The topological polar surface area (TPSA) is 68.0 Å². The van der Waals surface area contributed by atoms with Crippen LogP contribution < -0.4 is 11.1 Å². The van der Waals surface area contributed by atoms with E-state index in [0.717, 1.165) is 0 Å². The number of nitrogens with zero attached hydrogens (tertiary/aromatic N) is 1. The minimum absolute atomic E-state index is 0.248. The molecule has 5 heteroatoms. The number of rotatable bonds is 3. The summed E-state index contributed by atoms with van der Waals surface area (Å²) < 4.78 is 0. The standard InChI is InChI=1S/C9H12ClN3O/c1-2-7(11)9(14)13-8-5-12-4-3-6(8)10/h3-5,7H,2,11H2,1H3,(H,13,14)/t7-/m0/s1. The number of halogens is 1. The summed E-state index contributed by atoms with van der Waals surface area (Å²) in [5.41, 5.74) is 6.03. The van der Waals surface area contributed by atoms with Gasteiger partial charge in [-0.15, -0.1) is 0 Å². The Kier molecular flexibility index (Phi) is 3.85. The Morgan fingerprint density at radius 2 is 2.50 bits per heavy atom. The molecule has 1 atom stereocenters. The lowest BCUT2D eigenvalue weighted by Gasteiger charge is -2.10. The summed E-state index contributed by atoms with van der Waals surface area (Å²) in [6.07, 6.45) is 3.63. The highest BCUT2D eigenvalue weighted by atomic mass is 35.5. The van der Waals surface area contributed by atoms with E-state index in [2.05, 4.69) is 10.3 Å². The molecule has 0 aromatic carbocycles. The smallest absolute Gasteiger partial charge is 0.241 e. The van der Waals surface area contributed by atoms with E-state index in [0.29, 0.717) is 17.1 Å². The number of pyridine rings is 1. The number of anilines is 1. The van der Waals surface area contributed by atoms with Crippen molar-refractivity contribution >= 4 is 23.2 Å². The lowest BCUT2D eigenvalue weighted by molar-refractivity contribution is -0.117. The SMILES string of the molecule is CC[C@H](N)C(=O)Nc1cnccc1Cl. The first-order valence-corrected chi connectivity index (χ1v) is 4.69. The monoisotopic (exact) mass is 213 g/mol. The van der Waals surface area contributed by atoms with E-state index in [1.165, 1.54) is 6.20 Å². The second-order valence-corrected chi connectivity index (χ2v) is 3.27. The van der Waals surface area contributed by atoms with Crippen molar-refractivity contribution in [3.8, 4) is 0 Å². The lowest BCUT2D eigenvalue weighted by atomic mass is 10.2. The largest absolute Gasteiger partial charge is 0.322 e. The Morgan fingerprint density at radius 1 is 1.79 bits per heavy atom. The quantitative estimate of drug-likeness (QED) is 0.798. The summed E-state index contributed by atoms with van der Waals surface area (Å²) in [6, 6.07) is 1.10. The summed E-state index contributed by atoms with van der Waals surface area (Å²) in [5.74, 6) is -0.248. The summed E-state index contributed by atoms with van der Waals surface area (Å²) in [6.45, 7) is 1.84. The highest BCUT2D eigenvalue weighted by Crippen LogP contribution is 2.19. The van der Waals surface area contributed by atoms with Crippen molar-refractivity contribution in [2.75, 3.05) is 5.32 Å². The average molecular weight is 214 g/mol. The van der Waals surface area contributed by atoms with E-state index in [1.54, 1.807) is 12.3 Å². The molecular weight excluding hydrogens is 202 g/mol. The van der Waals surface area contributed by atoms with Gasteiger partial charge in [-0.25, -0.2) is 0 Å². The van der Waals surface area contributed by atoms with Gasteiger partial charge in [0, 0.05) is 6.20 Å². The van der Waals surface area contributed by atoms with Crippen LogP contribution in [0.3, 0.4) is 0 Å². The molecule has 0 aliphatic carbocycles. The fourth-order valence-corrected chi connectivity index (χ4v) is 1.03. The van der Waals surface area contributed by atoms with Crippen molar-refractivity contribution < 1.29 is 4.79 Å². The highest BCUT2D eigenvalue weighted by Gasteiger charge is 2.12. The van der Waals surface area contributed by atoms with Crippen molar-refractivity contribution in [1.82, 2.24) is 4.98 Å². The maximum Gasteiger partial charge on any atom is 0.241 e. The van der Waals surface area contributed by atoms with Crippen LogP contribution in [0.5, 0.6) is 0 Å². The van der Waals surface area contributed by atoms with Crippen molar-refractivity contribution in [3.63, 3.8) is 0 Å². The van der Waals surface area contributed by atoms with Crippen LogP contribution >= 0.6 is 11.6 Å². The third-order valence-electron chi connectivity index (χ3n) is 1.80. The van der Waals surface area contributed by atoms with Crippen LogP contribution in [0, 0.1) is 0 Å². The molecule has 1 rings (SSSR count). The van der Waals surface area contributed by atoms with Crippen LogP contribution in [0.15, 0.2) is 18.5 Å². The van der Waals surface area contributed by atoms with Crippen LogP contribution in [-0.4, -0.2) is 16.9 Å². The third-order valence-corrected chi connectivity index (χ3v) is 2.13. The number of nitrogens with two attached hydrogens (primary N) is 1. The second-order valence-electron chi connectivity index (χ2n) is 2.86. The Morgan fingerprint density at radius 3 is 3.07 bits per heavy atom. The number of carbonyl (C=O) groups is 1. The number of hydrogen-bond acceptors (Lipinski definition) is 3. The maximum atomic E-state index is 11.4. The fraction of sp³-hybridized carbons (Fsp3) is 0.333. The Bertz CT molecular complexity index is 330. The van der Waals surface area contributed by atoms with Gasteiger partial charge in [0.25, 0.3) is 0 Å². The number of carbonyl (C=O) groups excluding carboxylic acids is 1. The van der Waals surface area contributed by atoms with Gasteiger partial charge >= 0.3 is 0 Å². The fourth-order valence-electron chi connectivity index (χ4n) is 0.880. The highest BCUT2D eigenvalue weighted by molar-refractivity contribution is 6.33. The minimum Gasteiger partial charge on any atom is -0.322 e. The summed E-state index contributed by atoms with van der Waals surface area (Å²) >= 11 is 5.82. The zero-order chi connectivity index (χ0) is 10.6. The molecule has 0 unspecified atom stereocenters. The zero-order valence-corrected chi connectivity index (χ0v) is 8.58. The molecule has 0 aliphatic heterocycles. The predicted octanol–water partition coefficient (Wildman–Crippen LogP) is 1.41. The average Bonchev–Trinajstić information content (AvgIpc) is 2.20. The molecule has 14 heavy (non-hydrogen) atoms. The molecule has 0 bridgehead atoms. The van der Waals surface area contributed by atoms with Gasteiger partial charge in [-0.1, -0.05) is 18.5 Å². The first-order chi connectivity index (χ1) is 6.65. The van der Waals surface area contributed by atoms with Gasteiger partial charge in [0.05, 0.1) is 22.9 Å². The van der Waals surface area contributed by atoms with Crippen molar-refractivity contribution in [2.24, 2.45) is 5.73 Å². The van der Waals surface area contributed by atoms with Gasteiger partial charge < -0.3 is 11.1 Å². The number of nitrogens with one attached hydrogen (secondary N) is 1. The van der Waals surface area contributed by atoms with E-state index in [-0.39, 0.29) is 5.91 Å². The Hall–Kier alpha value is -1.13. The molecule has 0 saturated carbocycles. The van der Waals surface area contributed by atoms with Crippen LogP contribution in [0.4, 0.5) is 5.69 Å². The molecule has 0 spiro atoms. The van der Waals surface area contributed by atoms with Gasteiger partial charge in [0.2, 0.25) is 5.91 Å². The molecule has 1 amide bonds. The molecule has 0 aliphatic rings. The summed E-state index contributed by atoms with van der Waals surface area (Å²) in [4.78, 5) is 15.2. The molecule has 0 saturated heterocycles. The maximum absolute atomic E-state index is 11.4. The second kappa shape index (κ2) is 4.93. The van der Waals surface area contributed by atoms with E-state index in [1.807, 2.05) is 6.92 Å². The molecule has 1 aromatic heterocycles. The first kappa shape index (κ1) is 10.9. The van der Waals surface area contributed by atoms with E-state index < -0.39 is 6.04 Å². The molecule has 76 valence electrons. The van der Waals surface area contributed by atoms with Gasteiger partial charge in [-0.3, -0.25) is 9.78 Å². The minimum atomic E-state index is -0.508. The van der Waals surface area contributed by atoms with Gasteiger partial charge in [-0.05, 0) is 12.5 Å². The molecule has 1 heterocycles. The lowest BCUT2D eigenvalue weighted by Crippen LogP contribution is -2.34. The van der Waals surface area contributed by atoms with Gasteiger partial charge in [0.1, 0.15) is 0 Å². The van der Waals surface area contributed by atoms with Crippen LogP contribution in [-0.2, 0) is 4.79 Å². The van der Waals surface area contributed by atoms with E-state index in [9.17, 15) is 4.79 Å². The van der Waals surface area contributed by atoms with Crippen LogP contribution in [0.25, 0.3) is 0 Å². The number of hydrogen-bond donors (Lipinski definition) is 2. The van der Waals surface area contributed by atoms with Crippen LogP contribution in [0.1, 0.15) is 13.3 Å². The summed E-state index contributed by atoms with van der Waals surface area (Å²) in [5, 5.41) is 3.06. The zero-order valence-electron chi connectivity index (χ0n) is 7.83. The van der Waals surface area contributed by atoms with Crippen molar-refractivity contribution in [2.45, 2.75) is 19.4 Å². The summed E-state index contributed by atoms with van der Waals surface area (Å²) in [7, 11) is 0. The Labute approximate surface area is 87.5 Å². The van der Waals surface area contributed by atoms with Gasteiger partial charge in [-0.2, -0.15) is 0 Å². The van der Waals surface area contributed by atoms with Gasteiger partial charge in [0.15, 0.2) is 0 Å². The molecular formula is C9H12ClN3O. The molecule has 1 aromatic rings. The van der Waals surface area contributed by atoms with E-state index >= 15 is 0 Å². The Balaban J connectivity index is 2.70. The first-order valence-electron chi connectivity index (χ1n) is 4.31. The molecule has 3 N–H and O–H groups in total. The molecule has 0 fully saturated rings. The van der Waals surface area contributed by atoms with Crippen LogP contribution in [0.2, 0.25) is 5.02 Å². The number of amides is 1. The van der Waals surface area contributed by atoms with Crippen molar-refractivity contribution in [3.05, 3.63) is 23.5 Å². The predicted molar refractivity (Wildman–Crippen MR) is 56.1 cm³/mol. The van der Waals surface area contributed by atoms with Crippen molar-refractivity contribution in [1.29, 1.82) is 0 Å². The molecule has 0 radical (unpaired) electrons. The number of aromatic nitrogens is 1. The van der Waals surface area contributed by atoms with E-state index in [4.69, 9.17) is 17.3 Å².